The molecule has 7 nitrogen and oxygen atoms in total. The molecule has 29 heavy (non-hydrogen) atoms. The lowest BCUT2D eigenvalue weighted by molar-refractivity contribution is -0.120. The molecule has 0 aliphatic heterocycles. The van der Waals surface area contributed by atoms with Gasteiger partial charge in [0.05, 0.1) is 22.6 Å². The zero-order chi connectivity index (χ0) is 20.6. The highest BCUT2D eigenvalue weighted by atomic mass is 32.1. The van der Waals surface area contributed by atoms with Crippen LogP contribution in [0.3, 0.4) is 0 Å². The molecule has 0 unspecified atom stereocenters. The highest BCUT2D eigenvalue weighted by molar-refractivity contribution is 7.18. The van der Waals surface area contributed by atoms with Crippen LogP contribution in [0, 0.1) is 5.82 Å². The minimum absolute atomic E-state index is 0.137. The summed E-state index contributed by atoms with van der Waals surface area (Å²) in [7, 11) is 0. The van der Waals surface area contributed by atoms with Crippen LogP contribution in [0.5, 0.6) is 0 Å². The van der Waals surface area contributed by atoms with Gasteiger partial charge in [-0.3, -0.25) is 14.4 Å². The van der Waals surface area contributed by atoms with Gasteiger partial charge in [0.2, 0.25) is 5.91 Å². The second kappa shape index (κ2) is 9.65. The van der Waals surface area contributed by atoms with E-state index < -0.39 is 5.91 Å². The van der Waals surface area contributed by atoms with Crippen LogP contribution in [-0.2, 0) is 11.2 Å². The summed E-state index contributed by atoms with van der Waals surface area (Å²) < 4.78 is 17.9. The van der Waals surface area contributed by atoms with Crippen LogP contribution in [0.2, 0.25) is 0 Å². The molecule has 0 saturated carbocycles. The molecule has 1 aromatic carbocycles. The van der Waals surface area contributed by atoms with Gasteiger partial charge in [-0.2, -0.15) is 0 Å². The zero-order valence-electron chi connectivity index (χ0n) is 15.2. The van der Waals surface area contributed by atoms with Crippen molar-refractivity contribution in [2.45, 2.75) is 6.42 Å². The van der Waals surface area contributed by atoms with Crippen molar-refractivity contribution in [3.05, 3.63) is 76.8 Å². The molecule has 3 rings (SSSR count). The number of furan rings is 1. The highest BCUT2D eigenvalue weighted by Crippen LogP contribution is 2.22. The quantitative estimate of drug-likeness (QED) is 0.493. The Morgan fingerprint density at radius 3 is 2.41 bits per heavy atom. The first kappa shape index (κ1) is 20.3. The molecule has 9 heteroatoms. The van der Waals surface area contributed by atoms with Crippen molar-refractivity contribution in [1.82, 2.24) is 10.6 Å². The van der Waals surface area contributed by atoms with Crippen LogP contribution in [0.4, 0.5) is 9.39 Å². The third kappa shape index (κ3) is 6.01. The Bertz CT molecular complexity index is 984. The summed E-state index contributed by atoms with van der Waals surface area (Å²) in [6, 6.07) is 12.1. The van der Waals surface area contributed by atoms with E-state index in [0.717, 1.165) is 11.3 Å². The van der Waals surface area contributed by atoms with Gasteiger partial charge in [0.15, 0.2) is 5.76 Å². The second-order valence-electron chi connectivity index (χ2n) is 6.00. The molecule has 0 saturated heterocycles. The molecule has 150 valence electrons. The number of hydrogen-bond donors (Lipinski definition) is 3. The van der Waals surface area contributed by atoms with Crippen molar-refractivity contribution in [2.24, 2.45) is 0 Å². The molecule has 2 heterocycles. The molecule has 0 aliphatic carbocycles. The molecule has 0 fully saturated rings. The van der Waals surface area contributed by atoms with Crippen molar-refractivity contribution in [3.63, 3.8) is 0 Å². The molecule has 0 aliphatic rings. The number of anilines is 1. The Balaban J connectivity index is 1.38. The number of rotatable bonds is 8. The number of nitrogens with one attached hydrogen (secondary N) is 3. The smallest absolute Gasteiger partial charge is 0.291 e. The van der Waals surface area contributed by atoms with Gasteiger partial charge in [-0.1, -0.05) is 12.1 Å². The second-order valence-corrected chi connectivity index (χ2v) is 7.09. The number of benzene rings is 1. The lowest BCUT2D eigenvalue weighted by Gasteiger charge is -2.06. The summed E-state index contributed by atoms with van der Waals surface area (Å²) in [5.41, 5.74) is 0.704. The first-order valence-electron chi connectivity index (χ1n) is 8.75. The van der Waals surface area contributed by atoms with E-state index in [1.807, 2.05) is 0 Å². The summed E-state index contributed by atoms with van der Waals surface area (Å²) in [5.74, 6) is -1.09. The van der Waals surface area contributed by atoms with Gasteiger partial charge in [-0.15, -0.1) is 11.3 Å². The lowest BCUT2D eigenvalue weighted by atomic mass is 10.1. The van der Waals surface area contributed by atoms with Gasteiger partial charge < -0.3 is 20.4 Å². The van der Waals surface area contributed by atoms with E-state index in [1.165, 1.54) is 18.4 Å². The first-order chi connectivity index (χ1) is 14.0. The molecule has 0 spiro atoms. The minimum atomic E-state index is -0.396. The van der Waals surface area contributed by atoms with Crippen molar-refractivity contribution in [3.8, 4) is 0 Å². The third-order valence-corrected chi connectivity index (χ3v) is 4.82. The standard InChI is InChI=1S/C20H18FN3O4S/c21-14-5-3-13(4-6-14)12-17(25)22-9-10-23-20(27)16-7-8-18(29-16)24-19(26)15-2-1-11-28-15/h1-8,11H,9-10,12H2,(H,22,25)(H,23,27)(H,24,26). The van der Waals surface area contributed by atoms with Crippen molar-refractivity contribution in [2.75, 3.05) is 18.4 Å². The number of amides is 3. The molecular weight excluding hydrogens is 397 g/mol. The van der Waals surface area contributed by atoms with E-state index in [9.17, 15) is 18.8 Å². The topological polar surface area (TPSA) is 100 Å². The van der Waals surface area contributed by atoms with Gasteiger partial charge in [-0.05, 0) is 42.0 Å². The number of hydrogen-bond acceptors (Lipinski definition) is 5. The molecule has 0 atom stereocenters. The van der Waals surface area contributed by atoms with Gasteiger partial charge in [0.25, 0.3) is 11.8 Å². The summed E-state index contributed by atoms with van der Waals surface area (Å²) in [5, 5.41) is 8.56. The van der Waals surface area contributed by atoms with E-state index >= 15 is 0 Å². The van der Waals surface area contributed by atoms with Gasteiger partial charge in [0, 0.05) is 13.1 Å². The summed E-state index contributed by atoms with van der Waals surface area (Å²) in [6.45, 7) is 0.513. The summed E-state index contributed by atoms with van der Waals surface area (Å²) >= 11 is 1.13. The molecule has 2 aromatic heterocycles. The largest absolute Gasteiger partial charge is 0.459 e. The SMILES string of the molecule is O=C(Cc1ccc(F)cc1)NCCNC(=O)c1ccc(NC(=O)c2ccco2)s1. The van der Waals surface area contributed by atoms with E-state index in [4.69, 9.17) is 4.42 Å². The Morgan fingerprint density at radius 1 is 0.931 bits per heavy atom. The Labute approximate surface area is 169 Å². The average molecular weight is 415 g/mol. The van der Waals surface area contributed by atoms with Gasteiger partial charge >= 0.3 is 0 Å². The fourth-order valence-corrected chi connectivity index (χ4v) is 3.24. The van der Waals surface area contributed by atoms with Crippen LogP contribution >= 0.6 is 11.3 Å². The Morgan fingerprint density at radius 2 is 1.69 bits per heavy atom. The maximum Gasteiger partial charge on any atom is 0.291 e. The van der Waals surface area contributed by atoms with Crippen LogP contribution < -0.4 is 16.0 Å². The predicted octanol–water partition coefficient (Wildman–Crippen LogP) is 2.82. The average Bonchev–Trinajstić information content (AvgIpc) is 3.39. The minimum Gasteiger partial charge on any atom is -0.459 e. The van der Waals surface area contributed by atoms with E-state index in [-0.39, 0.29) is 42.9 Å². The van der Waals surface area contributed by atoms with Crippen LogP contribution in [0.15, 0.2) is 59.2 Å². The maximum absolute atomic E-state index is 12.9. The molecule has 3 amide bonds. The number of halogens is 1. The van der Waals surface area contributed by atoms with Crippen molar-refractivity contribution >= 4 is 34.1 Å². The van der Waals surface area contributed by atoms with Crippen LogP contribution in [0.25, 0.3) is 0 Å². The number of thiophene rings is 1. The first-order valence-corrected chi connectivity index (χ1v) is 9.57. The number of carbonyl (C=O) groups is 3. The summed E-state index contributed by atoms with van der Waals surface area (Å²) in [4.78, 5) is 36.4. The fraction of sp³-hybridized carbons (Fsp3) is 0.150. The van der Waals surface area contributed by atoms with Crippen molar-refractivity contribution < 1.29 is 23.2 Å². The van der Waals surface area contributed by atoms with Crippen LogP contribution in [0.1, 0.15) is 25.8 Å². The zero-order valence-corrected chi connectivity index (χ0v) is 16.1. The monoisotopic (exact) mass is 415 g/mol. The van der Waals surface area contributed by atoms with E-state index in [1.54, 1.807) is 36.4 Å². The summed E-state index contributed by atoms with van der Waals surface area (Å²) in [6.07, 6.45) is 1.54. The molecule has 0 bridgehead atoms. The lowest BCUT2D eigenvalue weighted by Crippen LogP contribution is -2.35. The van der Waals surface area contributed by atoms with E-state index in [0.29, 0.717) is 15.4 Å². The van der Waals surface area contributed by atoms with Gasteiger partial charge in [0.1, 0.15) is 5.82 Å². The van der Waals surface area contributed by atoms with Crippen molar-refractivity contribution in [1.29, 1.82) is 0 Å². The highest BCUT2D eigenvalue weighted by Gasteiger charge is 2.13. The Kier molecular flexibility index (Phi) is 6.75. The fourth-order valence-electron chi connectivity index (χ4n) is 2.42. The molecular formula is C20H18FN3O4S. The number of carbonyl (C=O) groups excluding carboxylic acids is 3. The third-order valence-electron chi connectivity index (χ3n) is 3.82. The maximum atomic E-state index is 12.9. The van der Waals surface area contributed by atoms with Crippen LogP contribution in [-0.4, -0.2) is 30.8 Å². The predicted molar refractivity (Wildman–Crippen MR) is 106 cm³/mol. The Hall–Kier alpha value is -3.46. The molecule has 3 aromatic rings. The van der Waals surface area contributed by atoms with E-state index in [2.05, 4.69) is 16.0 Å². The molecule has 3 N–H and O–H groups in total. The van der Waals surface area contributed by atoms with Gasteiger partial charge in [-0.25, -0.2) is 4.39 Å². The normalized spacial score (nSPS) is 10.4. The molecule has 0 radical (unpaired) electrons.